The lowest BCUT2D eigenvalue weighted by atomic mass is 9.99. The highest BCUT2D eigenvalue weighted by atomic mass is 16.3. The molecule has 3 aromatic heterocycles. The van der Waals surface area contributed by atoms with Gasteiger partial charge in [0.05, 0.1) is 23.4 Å². The van der Waals surface area contributed by atoms with E-state index in [1.807, 2.05) is 97.1 Å². The highest BCUT2D eigenvalue weighted by molar-refractivity contribution is 6.15. The zero-order valence-electron chi connectivity index (χ0n) is 35.2. The van der Waals surface area contributed by atoms with E-state index >= 15 is 0 Å². The van der Waals surface area contributed by atoms with Crippen LogP contribution in [0.5, 0.6) is 0 Å². The van der Waals surface area contributed by atoms with E-state index in [9.17, 15) is 2.74 Å². The van der Waals surface area contributed by atoms with Gasteiger partial charge in [-0.3, -0.25) is 4.57 Å². The molecule has 234 valence electrons. The van der Waals surface area contributed by atoms with Crippen molar-refractivity contribution in [2.75, 3.05) is 0 Å². The molecule has 5 heteroatoms. The van der Waals surface area contributed by atoms with Gasteiger partial charge in [0.15, 0.2) is 11.6 Å². The van der Waals surface area contributed by atoms with Gasteiger partial charge in [-0.25, -0.2) is 4.98 Å². The van der Waals surface area contributed by atoms with Crippen molar-refractivity contribution in [1.29, 1.82) is 0 Å². The van der Waals surface area contributed by atoms with E-state index in [0.717, 1.165) is 27.5 Å². The second-order valence-electron chi connectivity index (χ2n) is 11.8. The predicted molar refractivity (Wildman–Crippen MR) is 203 cm³/mol. The molecule has 0 saturated carbocycles. The lowest BCUT2D eigenvalue weighted by molar-refractivity contribution is 0.669. The third kappa shape index (κ3) is 4.60. The van der Waals surface area contributed by atoms with Gasteiger partial charge in [-0.15, -0.1) is 0 Å². The summed E-state index contributed by atoms with van der Waals surface area (Å²) in [6.07, 6.45) is 0. The van der Waals surface area contributed by atoms with Crippen LogP contribution in [0.1, 0.15) is 12.3 Å². The first-order valence-corrected chi connectivity index (χ1v) is 16.0. The van der Waals surface area contributed by atoms with E-state index in [1.165, 1.54) is 4.57 Å². The molecule has 0 N–H and O–H groups in total. The third-order valence-corrected chi connectivity index (χ3v) is 8.88. The first-order valence-electron chi connectivity index (χ1n) is 20.5. The molecule has 0 amide bonds. The maximum absolute atomic E-state index is 9.25. The third-order valence-electron chi connectivity index (χ3n) is 8.88. The molecule has 0 saturated heterocycles. The summed E-state index contributed by atoms with van der Waals surface area (Å²) in [6, 6.07) is 31.7. The zero-order chi connectivity index (χ0) is 40.9. The van der Waals surface area contributed by atoms with Crippen LogP contribution < -0.4 is 0 Å². The number of rotatable bonds is 5. The quantitative estimate of drug-likeness (QED) is 0.186. The van der Waals surface area contributed by atoms with Gasteiger partial charge in [0, 0.05) is 32.7 Å². The molecule has 7 aromatic carbocycles. The van der Waals surface area contributed by atoms with Crippen LogP contribution >= 0.6 is 0 Å². The SMILES string of the molecule is [2H]c1c([2H])c([2H])c(-c2cccc3c2c2c([2H])c([2H])c([2H])c([2H])c2n3-c2nc(-c3cccc(-c4ccccc4)c3)nc(-c3ccc4c(c3)oc3ccccc34)n2)c([2H])c1[2H]. The van der Waals surface area contributed by atoms with Crippen molar-refractivity contribution in [3.8, 4) is 51.0 Å². The molecule has 0 spiro atoms. The van der Waals surface area contributed by atoms with Gasteiger partial charge in [0.1, 0.15) is 11.2 Å². The Morgan fingerprint density at radius 3 is 2.04 bits per heavy atom. The molecular weight excluding hydrogens is 613 g/mol. The number of aromatic nitrogens is 4. The Morgan fingerprint density at radius 2 is 1.16 bits per heavy atom. The Morgan fingerprint density at radius 1 is 0.460 bits per heavy atom. The maximum Gasteiger partial charge on any atom is 0.238 e. The van der Waals surface area contributed by atoms with E-state index in [1.54, 1.807) is 18.2 Å². The molecule has 0 bridgehead atoms. The van der Waals surface area contributed by atoms with Crippen LogP contribution in [-0.4, -0.2) is 19.5 Å². The number of nitrogens with zero attached hydrogens (tertiary/aromatic N) is 4. The van der Waals surface area contributed by atoms with Crippen molar-refractivity contribution in [3.05, 3.63) is 170 Å². The molecule has 0 atom stereocenters. The topological polar surface area (TPSA) is 56.7 Å². The molecule has 10 rings (SSSR count). The summed E-state index contributed by atoms with van der Waals surface area (Å²) < 4.78 is 86.4. The number of hydrogen-bond donors (Lipinski definition) is 0. The Balaban J connectivity index is 1.31. The molecule has 0 aliphatic rings. The summed E-state index contributed by atoms with van der Waals surface area (Å²) in [7, 11) is 0. The minimum absolute atomic E-state index is 0.0306. The van der Waals surface area contributed by atoms with Crippen LogP contribution in [-0.2, 0) is 0 Å². The highest BCUT2D eigenvalue weighted by Crippen LogP contribution is 2.39. The molecule has 50 heavy (non-hydrogen) atoms. The number of benzene rings is 7. The van der Waals surface area contributed by atoms with Crippen molar-refractivity contribution < 1.29 is 16.8 Å². The Bertz CT molecular complexity index is 3370. The van der Waals surface area contributed by atoms with E-state index < -0.39 is 42.3 Å². The van der Waals surface area contributed by atoms with Crippen LogP contribution in [0.4, 0.5) is 0 Å². The molecule has 0 radical (unpaired) electrons. The summed E-state index contributed by atoms with van der Waals surface area (Å²) in [4.78, 5) is 15.0. The van der Waals surface area contributed by atoms with E-state index in [-0.39, 0.29) is 57.1 Å². The second-order valence-corrected chi connectivity index (χ2v) is 11.8. The number of furan rings is 1. The zero-order valence-corrected chi connectivity index (χ0v) is 26.2. The van der Waals surface area contributed by atoms with Gasteiger partial charge in [-0.2, -0.15) is 9.97 Å². The molecule has 0 unspecified atom stereocenters. The summed E-state index contributed by atoms with van der Waals surface area (Å²) in [6.45, 7) is 0. The van der Waals surface area contributed by atoms with Crippen molar-refractivity contribution in [1.82, 2.24) is 19.5 Å². The second kappa shape index (κ2) is 11.4. The standard InChI is InChI=1S/C45H28N4O/c1-3-13-29(14-4-1)31-17-11-18-32(27-31)43-46-44(33-25-26-36-35-19-8-10-24-40(35)50-41(36)28-33)48-45(47-43)49-38-22-9-7-20-37(38)42-34(21-12-23-39(42)49)30-15-5-2-6-16-30/h1-28H/i2D,5D,6D,7D,9D,15D,16D,20D,22D. The normalized spacial score (nSPS) is 14.1. The van der Waals surface area contributed by atoms with E-state index in [2.05, 4.69) is 0 Å². The van der Waals surface area contributed by atoms with Crippen molar-refractivity contribution in [2.45, 2.75) is 0 Å². The molecule has 0 fully saturated rings. The van der Waals surface area contributed by atoms with E-state index in [0.29, 0.717) is 22.2 Å². The fourth-order valence-electron chi connectivity index (χ4n) is 6.62. The molecule has 10 aromatic rings. The van der Waals surface area contributed by atoms with Crippen LogP contribution in [0.3, 0.4) is 0 Å². The predicted octanol–water partition coefficient (Wildman–Crippen LogP) is 11.5. The monoisotopic (exact) mass is 649 g/mol. The Hall–Kier alpha value is -6.85. The van der Waals surface area contributed by atoms with Crippen LogP contribution in [0.15, 0.2) is 174 Å². The number of hydrogen-bond acceptors (Lipinski definition) is 4. The van der Waals surface area contributed by atoms with Crippen LogP contribution in [0.2, 0.25) is 0 Å². The van der Waals surface area contributed by atoms with Gasteiger partial charge in [-0.05, 0) is 58.6 Å². The molecule has 0 aliphatic carbocycles. The smallest absolute Gasteiger partial charge is 0.238 e. The van der Waals surface area contributed by atoms with Gasteiger partial charge in [0.25, 0.3) is 0 Å². The average Bonchev–Trinajstić information content (AvgIpc) is 3.83. The number of para-hydroxylation sites is 2. The summed E-state index contributed by atoms with van der Waals surface area (Å²) in [5, 5.41) is 2.18. The van der Waals surface area contributed by atoms with E-state index in [4.69, 9.17) is 29.0 Å². The van der Waals surface area contributed by atoms with Gasteiger partial charge < -0.3 is 4.42 Å². The van der Waals surface area contributed by atoms with Gasteiger partial charge >= 0.3 is 0 Å². The van der Waals surface area contributed by atoms with Gasteiger partial charge in [-0.1, -0.05) is 133 Å². The van der Waals surface area contributed by atoms with Crippen molar-refractivity contribution in [3.63, 3.8) is 0 Å². The maximum atomic E-state index is 9.25. The molecule has 3 heterocycles. The fraction of sp³-hybridized carbons (Fsp3) is 0. The molecule has 0 aliphatic heterocycles. The number of fused-ring (bicyclic) bond motifs is 6. The summed E-state index contributed by atoms with van der Waals surface area (Å²) in [5.74, 6) is 0.572. The van der Waals surface area contributed by atoms with Crippen molar-refractivity contribution >= 4 is 43.7 Å². The minimum atomic E-state index is -0.553. The molecule has 5 nitrogen and oxygen atoms in total. The van der Waals surface area contributed by atoms with Gasteiger partial charge in [0.2, 0.25) is 5.95 Å². The highest BCUT2D eigenvalue weighted by Gasteiger charge is 2.20. The minimum Gasteiger partial charge on any atom is -0.456 e. The lowest BCUT2D eigenvalue weighted by Crippen LogP contribution is -2.06. The lowest BCUT2D eigenvalue weighted by Gasteiger charge is -2.12. The summed E-state index contributed by atoms with van der Waals surface area (Å²) >= 11 is 0. The fourth-order valence-corrected chi connectivity index (χ4v) is 6.62. The molecular formula is C45H28N4O. The first-order chi connectivity index (χ1) is 28.5. The largest absolute Gasteiger partial charge is 0.456 e. The Kier molecular flexibility index (Phi) is 4.67. The Labute approximate surface area is 300 Å². The van der Waals surface area contributed by atoms with Crippen molar-refractivity contribution in [2.24, 2.45) is 0 Å². The van der Waals surface area contributed by atoms with Crippen LogP contribution in [0.25, 0.3) is 94.7 Å². The summed E-state index contributed by atoms with van der Waals surface area (Å²) in [5.41, 5.74) is 4.95. The van der Waals surface area contributed by atoms with Crippen LogP contribution in [0, 0.1) is 0 Å². The first kappa shape index (κ1) is 20.5. The average molecular weight is 650 g/mol.